The van der Waals surface area contributed by atoms with Crippen LogP contribution in [0.4, 0.5) is 0 Å². The highest BCUT2D eigenvalue weighted by atomic mass is 16.5. The summed E-state index contributed by atoms with van der Waals surface area (Å²) in [6, 6.07) is 5.57. The quantitative estimate of drug-likeness (QED) is 0.774. The normalized spacial score (nSPS) is 10.7. The Bertz CT molecular complexity index is 573. The zero-order valence-electron chi connectivity index (χ0n) is 11.5. The van der Waals surface area contributed by atoms with Crippen molar-refractivity contribution in [2.75, 3.05) is 6.61 Å². The van der Waals surface area contributed by atoms with Crippen LogP contribution in [0.1, 0.15) is 24.2 Å². The van der Waals surface area contributed by atoms with Crippen LogP contribution < -0.4 is 4.74 Å². The van der Waals surface area contributed by atoms with Crippen molar-refractivity contribution in [3.05, 3.63) is 36.2 Å². The van der Waals surface area contributed by atoms with E-state index in [9.17, 15) is 4.79 Å². The number of aromatic nitrogens is 2. The molecule has 0 amide bonds. The van der Waals surface area contributed by atoms with Crippen LogP contribution in [0.25, 0.3) is 11.1 Å². The summed E-state index contributed by atoms with van der Waals surface area (Å²) in [5, 5.41) is 4.16. The summed E-state index contributed by atoms with van der Waals surface area (Å²) in [5.74, 6) is 1.04. The van der Waals surface area contributed by atoms with E-state index in [0.29, 0.717) is 23.8 Å². The molecule has 0 aliphatic rings. The summed E-state index contributed by atoms with van der Waals surface area (Å²) in [6.07, 6.45) is 4.51. The van der Waals surface area contributed by atoms with Gasteiger partial charge >= 0.3 is 0 Å². The van der Waals surface area contributed by atoms with Crippen LogP contribution in [0.2, 0.25) is 0 Å². The van der Waals surface area contributed by atoms with Gasteiger partial charge in [0.1, 0.15) is 5.75 Å². The minimum Gasteiger partial charge on any atom is -0.492 e. The van der Waals surface area contributed by atoms with E-state index in [1.165, 1.54) is 0 Å². The molecule has 2 rings (SSSR count). The van der Waals surface area contributed by atoms with Crippen LogP contribution in [-0.4, -0.2) is 22.7 Å². The summed E-state index contributed by atoms with van der Waals surface area (Å²) in [5.41, 5.74) is 2.42. The van der Waals surface area contributed by atoms with Crippen LogP contribution in [0.5, 0.6) is 5.75 Å². The van der Waals surface area contributed by atoms with Crippen LogP contribution in [0.3, 0.4) is 0 Å². The van der Waals surface area contributed by atoms with E-state index in [1.807, 2.05) is 25.4 Å². The maximum absolute atomic E-state index is 11.2. The number of aryl methyl sites for hydroxylation is 1. The average Bonchev–Trinajstić information content (AvgIpc) is 2.82. The summed E-state index contributed by atoms with van der Waals surface area (Å²) < 4.78 is 7.55. The van der Waals surface area contributed by atoms with Crippen molar-refractivity contribution in [3.8, 4) is 16.9 Å². The molecule has 0 fully saturated rings. The van der Waals surface area contributed by atoms with Gasteiger partial charge in [0.05, 0.1) is 18.4 Å². The van der Waals surface area contributed by atoms with Gasteiger partial charge < -0.3 is 4.74 Å². The molecule has 2 aromatic rings. The van der Waals surface area contributed by atoms with Gasteiger partial charge in [0.2, 0.25) is 0 Å². The lowest BCUT2D eigenvalue weighted by atomic mass is 10.0. The molecular formula is C15H18N2O2. The first kappa shape index (κ1) is 13.3. The molecule has 0 spiro atoms. The number of carbonyl (C=O) groups is 1. The number of para-hydroxylation sites is 1. The van der Waals surface area contributed by atoms with E-state index in [4.69, 9.17) is 4.74 Å². The number of hydrogen-bond donors (Lipinski definition) is 0. The van der Waals surface area contributed by atoms with Crippen molar-refractivity contribution in [3.63, 3.8) is 0 Å². The fourth-order valence-electron chi connectivity index (χ4n) is 1.85. The van der Waals surface area contributed by atoms with Crippen LogP contribution >= 0.6 is 0 Å². The van der Waals surface area contributed by atoms with Gasteiger partial charge in [-0.2, -0.15) is 5.10 Å². The van der Waals surface area contributed by atoms with Crippen molar-refractivity contribution >= 4 is 6.29 Å². The molecule has 0 aliphatic carbocycles. The van der Waals surface area contributed by atoms with E-state index in [2.05, 4.69) is 18.9 Å². The highest BCUT2D eigenvalue weighted by Gasteiger charge is 2.13. The summed E-state index contributed by atoms with van der Waals surface area (Å²) in [6.45, 7) is 4.73. The zero-order chi connectivity index (χ0) is 13.8. The maximum Gasteiger partial charge on any atom is 0.153 e. The maximum atomic E-state index is 11.2. The van der Waals surface area contributed by atoms with Crippen molar-refractivity contribution in [1.82, 2.24) is 9.78 Å². The first-order valence-corrected chi connectivity index (χ1v) is 6.32. The average molecular weight is 258 g/mol. The van der Waals surface area contributed by atoms with Crippen molar-refractivity contribution < 1.29 is 9.53 Å². The van der Waals surface area contributed by atoms with Gasteiger partial charge in [0.25, 0.3) is 0 Å². The highest BCUT2D eigenvalue weighted by molar-refractivity contribution is 5.85. The Morgan fingerprint density at radius 1 is 1.42 bits per heavy atom. The highest BCUT2D eigenvalue weighted by Crippen LogP contribution is 2.32. The third-order valence-electron chi connectivity index (χ3n) is 2.75. The van der Waals surface area contributed by atoms with E-state index >= 15 is 0 Å². The molecule has 0 unspecified atom stereocenters. The second kappa shape index (κ2) is 5.69. The van der Waals surface area contributed by atoms with Crippen LogP contribution in [0, 0.1) is 5.92 Å². The zero-order valence-corrected chi connectivity index (χ0v) is 11.5. The lowest BCUT2D eigenvalue weighted by Gasteiger charge is -2.14. The molecule has 1 aromatic carbocycles. The molecule has 1 heterocycles. The number of aldehydes is 1. The van der Waals surface area contributed by atoms with Gasteiger partial charge in [0, 0.05) is 24.4 Å². The second-order valence-corrected chi connectivity index (χ2v) is 4.95. The standard InChI is InChI=1S/C15H18N2O2/c1-11(2)10-19-15-12(9-18)5-4-6-14(15)13-7-16-17(3)8-13/h4-9,11H,10H2,1-3H3. The van der Waals surface area contributed by atoms with E-state index < -0.39 is 0 Å². The predicted molar refractivity (Wildman–Crippen MR) is 74.4 cm³/mol. The smallest absolute Gasteiger partial charge is 0.153 e. The number of carbonyl (C=O) groups excluding carboxylic acids is 1. The minimum absolute atomic E-state index is 0.404. The Morgan fingerprint density at radius 3 is 2.79 bits per heavy atom. The third-order valence-corrected chi connectivity index (χ3v) is 2.75. The molecule has 0 radical (unpaired) electrons. The van der Waals surface area contributed by atoms with Gasteiger partial charge in [-0.25, -0.2) is 0 Å². The Hall–Kier alpha value is -2.10. The van der Waals surface area contributed by atoms with Crippen molar-refractivity contribution in [1.29, 1.82) is 0 Å². The molecule has 0 saturated heterocycles. The third kappa shape index (κ3) is 3.02. The van der Waals surface area contributed by atoms with Gasteiger partial charge in [-0.15, -0.1) is 0 Å². The Morgan fingerprint density at radius 2 is 2.21 bits per heavy atom. The van der Waals surface area contributed by atoms with Gasteiger partial charge in [-0.1, -0.05) is 26.0 Å². The molecule has 0 bridgehead atoms. The van der Waals surface area contributed by atoms with Crippen LogP contribution in [-0.2, 0) is 7.05 Å². The summed E-state index contributed by atoms with van der Waals surface area (Å²) in [7, 11) is 1.86. The number of hydrogen-bond acceptors (Lipinski definition) is 3. The molecule has 100 valence electrons. The number of benzene rings is 1. The lowest BCUT2D eigenvalue weighted by Crippen LogP contribution is -2.07. The Balaban J connectivity index is 2.44. The number of rotatable bonds is 5. The molecule has 1 aromatic heterocycles. The minimum atomic E-state index is 0.404. The molecule has 0 saturated carbocycles. The first-order chi connectivity index (χ1) is 9.11. The number of nitrogens with zero attached hydrogens (tertiary/aromatic N) is 2. The van der Waals surface area contributed by atoms with Crippen molar-refractivity contribution in [2.45, 2.75) is 13.8 Å². The SMILES string of the molecule is CC(C)COc1c(C=O)cccc1-c1cnn(C)c1. The monoisotopic (exact) mass is 258 g/mol. The van der Waals surface area contributed by atoms with Crippen LogP contribution in [0.15, 0.2) is 30.6 Å². The topological polar surface area (TPSA) is 44.1 Å². The molecule has 0 N–H and O–H groups in total. The first-order valence-electron chi connectivity index (χ1n) is 6.32. The van der Waals surface area contributed by atoms with Gasteiger partial charge in [0.15, 0.2) is 6.29 Å². The largest absolute Gasteiger partial charge is 0.492 e. The number of ether oxygens (including phenoxy) is 1. The molecule has 0 atom stereocenters. The van der Waals surface area contributed by atoms with Crippen molar-refractivity contribution in [2.24, 2.45) is 13.0 Å². The second-order valence-electron chi connectivity index (χ2n) is 4.95. The molecule has 4 heteroatoms. The van der Waals surface area contributed by atoms with E-state index in [0.717, 1.165) is 17.4 Å². The molecule has 4 nitrogen and oxygen atoms in total. The molecular weight excluding hydrogens is 240 g/mol. The summed E-state index contributed by atoms with van der Waals surface area (Å²) in [4.78, 5) is 11.2. The Labute approximate surface area is 113 Å². The fourth-order valence-corrected chi connectivity index (χ4v) is 1.85. The van der Waals surface area contributed by atoms with Gasteiger partial charge in [-0.05, 0) is 12.0 Å². The molecule has 19 heavy (non-hydrogen) atoms. The van der Waals surface area contributed by atoms with E-state index in [-0.39, 0.29) is 0 Å². The molecule has 0 aliphatic heterocycles. The van der Waals surface area contributed by atoms with Gasteiger partial charge in [-0.3, -0.25) is 9.48 Å². The van der Waals surface area contributed by atoms with E-state index in [1.54, 1.807) is 16.9 Å². The summed E-state index contributed by atoms with van der Waals surface area (Å²) >= 11 is 0. The predicted octanol–water partition coefficient (Wildman–Crippen LogP) is 2.93. The fraction of sp³-hybridized carbons (Fsp3) is 0.333. The Kier molecular flexibility index (Phi) is 4.00. The lowest BCUT2D eigenvalue weighted by molar-refractivity contribution is 0.111.